The molecule has 4 nitrogen and oxygen atoms in total. The topological polar surface area (TPSA) is 75.3 Å². The number of fused-ring (bicyclic) bond motifs is 1. The second-order valence-corrected chi connectivity index (χ2v) is 6.81. The summed E-state index contributed by atoms with van der Waals surface area (Å²) in [6, 6.07) is 4.43. The molecule has 1 aromatic carbocycles. The number of aliphatic hydroxyl groups excluding tert-OH is 1. The Morgan fingerprint density at radius 3 is 2.86 bits per heavy atom. The van der Waals surface area contributed by atoms with Crippen molar-refractivity contribution >= 4 is 44.8 Å². The largest absolute Gasteiger partial charge is 0.397 e. The fraction of sp³-hybridized carbons (Fsp3) is 0.357. The summed E-state index contributed by atoms with van der Waals surface area (Å²) in [6.07, 6.45) is 1.87. The van der Waals surface area contributed by atoms with E-state index < -0.39 is 5.82 Å². The number of nitrogens with one attached hydrogen (secondary N) is 1. The highest BCUT2D eigenvalue weighted by Crippen LogP contribution is 2.35. The summed E-state index contributed by atoms with van der Waals surface area (Å²) in [5, 5.41) is 12.2. The summed E-state index contributed by atoms with van der Waals surface area (Å²) >= 11 is 2.64. The van der Waals surface area contributed by atoms with Gasteiger partial charge in [0.05, 0.1) is 17.7 Å². The molecule has 0 bridgehead atoms. The zero-order chi connectivity index (χ0) is 15.6. The molecule has 2 rings (SSSR count). The summed E-state index contributed by atoms with van der Waals surface area (Å²) in [5.74, 6) is -0.765. The molecule has 0 saturated heterocycles. The number of hydrogen-bond acceptors (Lipinski definition) is 5. The standard InChI is InChI=1S/C14H17FN2O2S2/c1-7(10(6-18)20-2)17-14(19)13-12(16)11-8(15)4-3-5-9(11)21-13/h3-5,7,10,18H,6,16H2,1-2H3,(H,17,19). The second kappa shape index (κ2) is 6.64. The number of carbonyl (C=O) groups excluding carboxylic acids is 1. The maximum Gasteiger partial charge on any atom is 0.263 e. The lowest BCUT2D eigenvalue weighted by molar-refractivity contribution is 0.0941. The first-order chi connectivity index (χ1) is 9.99. The van der Waals surface area contributed by atoms with E-state index in [1.807, 2.05) is 13.2 Å². The number of thioether (sulfide) groups is 1. The minimum atomic E-state index is -0.425. The van der Waals surface area contributed by atoms with Crippen molar-refractivity contribution in [1.29, 1.82) is 0 Å². The first-order valence-electron chi connectivity index (χ1n) is 6.40. The number of benzene rings is 1. The lowest BCUT2D eigenvalue weighted by Gasteiger charge is -2.21. The molecular weight excluding hydrogens is 311 g/mol. The second-order valence-electron chi connectivity index (χ2n) is 4.68. The van der Waals surface area contributed by atoms with Gasteiger partial charge in [0, 0.05) is 16.0 Å². The number of aliphatic hydroxyl groups is 1. The van der Waals surface area contributed by atoms with Crippen LogP contribution in [0.15, 0.2) is 18.2 Å². The van der Waals surface area contributed by atoms with Crippen molar-refractivity contribution in [1.82, 2.24) is 5.32 Å². The van der Waals surface area contributed by atoms with Gasteiger partial charge in [0.15, 0.2) is 0 Å². The fourth-order valence-electron chi connectivity index (χ4n) is 2.10. The van der Waals surface area contributed by atoms with Gasteiger partial charge in [-0.25, -0.2) is 4.39 Å². The van der Waals surface area contributed by atoms with E-state index in [1.54, 1.807) is 12.1 Å². The highest BCUT2D eigenvalue weighted by atomic mass is 32.2. The summed E-state index contributed by atoms with van der Waals surface area (Å²) in [5.41, 5.74) is 6.08. The van der Waals surface area contributed by atoms with Crippen LogP contribution in [-0.4, -0.2) is 35.2 Å². The van der Waals surface area contributed by atoms with Crippen LogP contribution in [0.4, 0.5) is 10.1 Å². The SMILES string of the molecule is CSC(CO)C(C)NC(=O)c1sc2cccc(F)c2c1N. The smallest absolute Gasteiger partial charge is 0.263 e. The van der Waals surface area contributed by atoms with Crippen LogP contribution in [0, 0.1) is 5.82 Å². The number of nitrogen functional groups attached to an aromatic ring is 1. The summed E-state index contributed by atoms with van der Waals surface area (Å²) < 4.78 is 14.4. The molecule has 0 aliphatic heterocycles. The molecule has 0 radical (unpaired) electrons. The van der Waals surface area contributed by atoms with Crippen molar-refractivity contribution in [3.63, 3.8) is 0 Å². The monoisotopic (exact) mass is 328 g/mol. The van der Waals surface area contributed by atoms with Crippen molar-refractivity contribution in [2.45, 2.75) is 18.2 Å². The Morgan fingerprint density at radius 1 is 1.57 bits per heavy atom. The fourth-order valence-corrected chi connectivity index (χ4v) is 3.77. The molecule has 0 aliphatic rings. The van der Waals surface area contributed by atoms with E-state index in [9.17, 15) is 14.3 Å². The van der Waals surface area contributed by atoms with E-state index >= 15 is 0 Å². The summed E-state index contributed by atoms with van der Waals surface area (Å²) in [7, 11) is 0. The van der Waals surface area contributed by atoms with Gasteiger partial charge in [-0.15, -0.1) is 11.3 Å². The predicted octanol–water partition coefficient (Wildman–Crippen LogP) is 2.46. The minimum absolute atomic E-state index is 0.0286. The number of rotatable bonds is 5. The summed E-state index contributed by atoms with van der Waals surface area (Å²) in [6.45, 7) is 1.79. The van der Waals surface area contributed by atoms with Gasteiger partial charge >= 0.3 is 0 Å². The van der Waals surface area contributed by atoms with Crippen molar-refractivity contribution in [3.8, 4) is 0 Å². The Bertz CT molecular complexity index is 656. The molecule has 0 spiro atoms. The zero-order valence-corrected chi connectivity index (χ0v) is 13.4. The van der Waals surface area contributed by atoms with Crippen LogP contribution in [0.2, 0.25) is 0 Å². The molecule has 2 aromatic rings. The molecule has 1 heterocycles. The maximum atomic E-state index is 13.8. The number of hydrogen-bond donors (Lipinski definition) is 3. The van der Waals surface area contributed by atoms with Crippen molar-refractivity contribution < 1.29 is 14.3 Å². The third-order valence-corrected chi connectivity index (χ3v) is 5.64. The summed E-state index contributed by atoms with van der Waals surface area (Å²) in [4.78, 5) is 12.6. The first kappa shape index (κ1) is 16.1. The van der Waals surface area contributed by atoms with Crippen molar-refractivity contribution in [2.24, 2.45) is 0 Å². The Kier molecular flexibility index (Phi) is 5.08. The Hall–Kier alpha value is -1.31. The molecule has 0 aliphatic carbocycles. The van der Waals surface area contributed by atoms with Gasteiger partial charge in [-0.1, -0.05) is 6.07 Å². The van der Waals surface area contributed by atoms with Gasteiger partial charge in [0.25, 0.3) is 5.91 Å². The highest BCUT2D eigenvalue weighted by Gasteiger charge is 2.22. The van der Waals surface area contributed by atoms with E-state index in [-0.39, 0.29) is 29.5 Å². The zero-order valence-electron chi connectivity index (χ0n) is 11.7. The molecule has 2 unspecified atom stereocenters. The van der Waals surface area contributed by atoms with Crippen LogP contribution in [0.25, 0.3) is 10.1 Å². The van der Waals surface area contributed by atoms with Crippen LogP contribution in [0.5, 0.6) is 0 Å². The molecule has 1 amide bonds. The van der Waals surface area contributed by atoms with Gasteiger partial charge in [-0.2, -0.15) is 11.8 Å². The van der Waals surface area contributed by atoms with Crippen LogP contribution < -0.4 is 11.1 Å². The van der Waals surface area contributed by atoms with Gasteiger partial charge in [0.1, 0.15) is 10.7 Å². The molecule has 1 aromatic heterocycles. The number of carbonyl (C=O) groups is 1. The number of amides is 1. The van der Waals surface area contributed by atoms with Crippen molar-refractivity contribution in [2.75, 3.05) is 18.6 Å². The number of anilines is 1. The lowest BCUT2D eigenvalue weighted by atomic mass is 10.2. The quantitative estimate of drug-likeness (QED) is 0.788. The lowest BCUT2D eigenvalue weighted by Crippen LogP contribution is -2.41. The van der Waals surface area contributed by atoms with Gasteiger partial charge < -0.3 is 16.2 Å². The Morgan fingerprint density at radius 2 is 2.29 bits per heavy atom. The van der Waals surface area contributed by atoms with Crippen molar-refractivity contribution in [3.05, 3.63) is 28.9 Å². The average molecular weight is 328 g/mol. The number of thiophene rings is 1. The number of nitrogens with two attached hydrogens (primary N) is 1. The van der Waals surface area contributed by atoms with Crippen LogP contribution >= 0.6 is 23.1 Å². The normalized spacial score (nSPS) is 14.1. The highest BCUT2D eigenvalue weighted by molar-refractivity contribution is 7.99. The molecule has 0 fully saturated rings. The van der Waals surface area contributed by atoms with Crippen LogP contribution in [-0.2, 0) is 0 Å². The molecule has 2 atom stereocenters. The molecule has 0 saturated carbocycles. The molecule has 4 N–H and O–H groups in total. The van der Waals surface area contributed by atoms with E-state index in [1.165, 1.54) is 29.2 Å². The molecule has 7 heteroatoms. The first-order valence-corrected chi connectivity index (χ1v) is 8.51. The van der Waals surface area contributed by atoms with E-state index in [0.717, 1.165) is 0 Å². The van der Waals surface area contributed by atoms with Gasteiger partial charge in [-0.05, 0) is 25.3 Å². The van der Waals surface area contributed by atoms with E-state index in [0.29, 0.717) is 15.0 Å². The van der Waals surface area contributed by atoms with Gasteiger partial charge in [-0.3, -0.25) is 4.79 Å². The van der Waals surface area contributed by atoms with Gasteiger partial charge in [0.2, 0.25) is 0 Å². The van der Waals surface area contributed by atoms with E-state index in [4.69, 9.17) is 5.73 Å². The molecule has 114 valence electrons. The minimum Gasteiger partial charge on any atom is -0.397 e. The van der Waals surface area contributed by atoms with Crippen LogP contribution in [0.1, 0.15) is 16.6 Å². The van der Waals surface area contributed by atoms with Crippen LogP contribution in [0.3, 0.4) is 0 Å². The number of halogens is 1. The maximum absolute atomic E-state index is 13.8. The third-order valence-electron chi connectivity index (χ3n) is 3.31. The predicted molar refractivity (Wildman–Crippen MR) is 87.5 cm³/mol. The van der Waals surface area contributed by atoms with E-state index in [2.05, 4.69) is 5.32 Å². The third kappa shape index (κ3) is 3.14. The Balaban J connectivity index is 2.28. The Labute approximate surface area is 130 Å². The molecule has 21 heavy (non-hydrogen) atoms. The molecular formula is C14H17FN2O2S2. The average Bonchev–Trinajstić information content (AvgIpc) is 2.79.